The van der Waals surface area contributed by atoms with Gasteiger partial charge in [0.15, 0.2) is 0 Å². The summed E-state index contributed by atoms with van der Waals surface area (Å²) >= 11 is 0. The van der Waals surface area contributed by atoms with Crippen LogP contribution < -0.4 is 0 Å². The molecule has 0 bridgehead atoms. The number of rotatable bonds is 1. The maximum absolute atomic E-state index is 8.83. The van der Waals surface area contributed by atoms with Gasteiger partial charge in [-0.05, 0) is 25.0 Å². The molecule has 2 aliphatic heterocycles. The van der Waals surface area contributed by atoms with Crippen LogP contribution in [0.5, 0.6) is 0 Å². The summed E-state index contributed by atoms with van der Waals surface area (Å²) in [6.45, 7) is 2.50. The SMILES string of the molecule is OCC1=CC2CCCN2C1. The molecule has 1 atom stereocenters. The van der Waals surface area contributed by atoms with Crippen LogP contribution in [0, 0.1) is 0 Å². The number of fused-ring (bicyclic) bond motifs is 1. The Morgan fingerprint density at radius 2 is 2.60 bits per heavy atom. The van der Waals surface area contributed by atoms with Crippen LogP contribution in [0.4, 0.5) is 0 Å². The molecule has 0 amide bonds. The molecule has 0 aromatic carbocycles. The molecule has 1 unspecified atom stereocenters. The lowest BCUT2D eigenvalue weighted by Gasteiger charge is -2.13. The minimum absolute atomic E-state index is 0.257. The molecule has 0 aromatic heterocycles. The van der Waals surface area contributed by atoms with Crippen molar-refractivity contribution in [3.63, 3.8) is 0 Å². The van der Waals surface area contributed by atoms with E-state index in [4.69, 9.17) is 5.11 Å². The summed E-state index contributed by atoms with van der Waals surface area (Å²) in [6, 6.07) is 0.669. The van der Waals surface area contributed by atoms with E-state index in [2.05, 4.69) is 11.0 Å². The van der Waals surface area contributed by atoms with E-state index < -0.39 is 0 Å². The highest BCUT2D eigenvalue weighted by Gasteiger charge is 2.27. The van der Waals surface area contributed by atoms with Crippen LogP contribution in [0.25, 0.3) is 0 Å². The second kappa shape index (κ2) is 2.36. The standard InChI is InChI=1S/C8H13NO/c10-6-7-4-8-2-1-3-9(8)5-7/h4,8,10H,1-3,5-6H2. The second-order valence-electron chi connectivity index (χ2n) is 3.16. The summed E-state index contributed by atoms with van der Waals surface area (Å²) in [7, 11) is 0. The summed E-state index contributed by atoms with van der Waals surface area (Å²) in [5, 5.41) is 8.83. The maximum Gasteiger partial charge on any atom is 0.0654 e. The van der Waals surface area contributed by atoms with E-state index in [9.17, 15) is 0 Å². The van der Waals surface area contributed by atoms with E-state index in [0.29, 0.717) is 6.04 Å². The van der Waals surface area contributed by atoms with Crippen LogP contribution in [-0.4, -0.2) is 35.7 Å². The van der Waals surface area contributed by atoms with Gasteiger partial charge in [-0.1, -0.05) is 6.08 Å². The van der Waals surface area contributed by atoms with Crippen LogP contribution in [0.3, 0.4) is 0 Å². The van der Waals surface area contributed by atoms with E-state index in [-0.39, 0.29) is 6.61 Å². The van der Waals surface area contributed by atoms with Crippen molar-refractivity contribution >= 4 is 0 Å². The Morgan fingerprint density at radius 1 is 1.70 bits per heavy atom. The fourth-order valence-corrected chi connectivity index (χ4v) is 1.93. The molecule has 0 radical (unpaired) electrons. The summed E-state index contributed by atoms with van der Waals surface area (Å²) < 4.78 is 0. The Bertz CT molecular complexity index is 165. The molecular weight excluding hydrogens is 126 g/mol. The van der Waals surface area contributed by atoms with Crippen LogP contribution >= 0.6 is 0 Å². The molecule has 0 spiro atoms. The minimum atomic E-state index is 0.257. The van der Waals surface area contributed by atoms with Gasteiger partial charge in [-0.25, -0.2) is 0 Å². The normalized spacial score (nSPS) is 32.5. The van der Waals surface area contributed by atoms with E-state index in [1.54, 1.807) is 0 Å². The first-order valence-corrected chi connectivity index (χ1v) is 3.94. The van der Waals surface area contributed by atoms with Gasteiger partial charge in [-0.15, -0.1) is 0 Å². The highest BCUT2D eigenvalue weighted by molar-refractivity contribution is 5.18. The molecule has 1 N–H and O–H groups in total. The third kappa shape index (κ3) is 0.879. The number of aliphatic hydroxyl groups excluding tert-OH is 1. The third-order valence-corrected chi connectivity index (χ3v) is 2.45. The predicted octanol–water partition coefficient (Wildman–Crippen LogP) is 0.383. The first kappa shape index (κ1) is 6.38. The molecule has 2 aliphatic rings. The zero-order valence-corrected chi connectivity index (χ0v) is 6.08. The van der Waals surface area contributed by atoms with Gasteiger partial charge in [0.1, 0.15) is 0 Å². The Hall–Kier alpha value is -0.340. The smallest absolute Gasteiger partial charge is 0.0654 e. The lowest BCUT2D eigenvalue weighted by Crippen LogP contribution is -2.23. The van der Waals surface area contributed by atoms with Crippen LogP contribution in [0.1, 0.15) is 12.8 Å². The molecular formula is C8H13NO. The van der Waals surface area contributed by atoms with Crippen molar-refractivity contribution in [1.82, 2.24) is 4.90 Å². The Balaban J connectivity index is 2.06. The van der Waals surface area contributed by atoms with Crippen molar-refractivity contribution in [3.05, 3.63) is 11.6 Å². The van der Waals surface area contributed by atoms with Gasteiger partial charge in [0.2, 0.25) is 0 Å². The molecule has 0 aromatic rings. The summed E-state index contributed by atoms with van der Waals surface area (Å²) in [4.78, 5) is 2.44. The first-order valence-electron chi connectivity index (χ1n) is 3.94. The lowest BCUT2D eigenvalue weighted by atomic mass is 10.2. The molecule has 2 heterocycles. The average Bonchev–Trinajstić information content (AvgIpc) is 2.42. The van der Waals surface area contributed by atoms with Crippen molar-refractivity contribution in [2.45, 2.75) is 18.9 Å². The highest BCUT2D eigenvalue weighted by Crippen LogP contribution is 2.25. The van der Waals surface area contributed by atoms with E-state index in [0.717, 1.165) is 6.54 Å². The van der Waals surface area contributed by atoms with Gasteiger partial charge in [-0.2, -0.15) is 0 Å². The summed E-state index contributed by atoms with van der Waals surface area (Å²) in [5.74, 6) is 0. The van der Waals surface area contributed by atoms with Crippen LogP contribution in [-0.2, 0) is 0 Å². The van der Waals surface area contributed by atoms with E-state index >= 15 is 0 Å². The molecule has 0 aliphatic carbocycles. The van der Waals surface area contributed by atoms with Crippen LogP contribution in [0.2, 0.25) is 0 Å². The topological polar surface area (TPSA) is 23.5 Å². The molecule has 10 heavy (non-hydrogen) atoms. The van der Waals surface area contributed by atoms with Gasteiger partial charge in [0, 0.05) is 12.6 Å². The van der Waals surface area contributed by atoms with Crippen molar-refractivity contribution < 1.29 is 5.11 Å². The van der Waals surface area contributed by atoms with Gasteiger partial charge >= 0.3 is 0 Å². The fourth-order valence-electron chi connectivity index (χ4n) is 1.93. The number of hydrogen-bond donors (Lipinski definition) is 1. The number of aliphatic hydroxyl groups is 1. The van der Waals surface area contributed by atoms with Gasteiger partial charge < -0.3 is 5.11 Å². The molecule has 1 fully saturated rings. The minimum Gasteiger partial charge on any atom is -0.392 e. The Kier molecular flexibility index (Phi) is 1.51. The zero-order chi connectivity index (χ0) is 6.97. The molecule has 2 rings (SSSR count). The Labute approximate surface area is 61.1 Å². The van der Waals surface area contributed by atoms with Crippen molar-refractivity contribution in [2.24, 2.45) is 0 Å². The fraction of sp³-hybridized carbons (Fsp3) is 0.750. The largest absolute Gasteiger partial charge is 0.392 e. The van der Waals surface area contributed by atoms with E-state index in [1.165, 1.54) is 25.0 Å². The van der Waals surface area contributed by atoms with Crippen molar-refractivity contribution in [2.75, 3.05) is 19.7 Å². The third-order valence-electron chi connectivity index (χ3n) is 2.45. The second-order valence-corrected chi connectivity index (χ2v) is 3.16. The average molecular weight is 139 g/mol. The van der Waals surface area contributed by atoms with Crippen molar-refractivity contribution in [1.29, 1.82) is 0 Å². The molecule has 56 valence electrons. The number of hydrogen-bond acceptors (Lipinski definition) is 2. The van der Waals surface area contributed by atoms with Crippen molar-refractivity contribution in [3.8, 4) is 0 Å². The summed E-state index contributed by atoms with van der Waals surface area (Å²) in [6.07, 6.45) is 4.86. The Morgan fingerprint density at radius 3 is 3.30 bits per heavy atom. The lowest BCUT2D eigenvalue weighted by molar-refractivity contribution is 0.302. The van der Waals surface area contributed by atoms with Gasteiger partial charge in [0.25, 0.3) is 0 Å². The van der Waals surface area contributed by atoms with Crippen LogP contribution in [0.15, 0.2) is 11.6 Å². The highest BCUT2D eigenvalue weighted by atomic mass is 16.3. The molecule has 2 heteroatoms. The van der Waals surface area contributed by atoms with E-state index in [1.807, 2.05) is 0 Å². The van der Waals surface area contributed by atoms with Gasteiger partial charge in [0.05, 0.1) is 6.61 Å². The summed E-state index contributed by atoms with van der Waals surface area (Å²) in [5.41, 5.74) is 1.21. The quantitative estimate of drug-likeness (QED) is 0.531. The zero-order valence-electron chi connectivity index (χ0n) is 6.08. The predicted molar refractivity (Wildman–Crippen MR) is 39.8 cm³/mol. The van der Waals surface area contributed by atoms with Gasteiger partial charge in [-0.3, -0.25) is 4.90 Å². The molecule has 0 saturated carbocycles. The molecule has 1 saturated heterocycles. The monoisotopic (exact) mass is 139 g/mol. The maximum atomic E-state index is 8.83. The number of nitrogens with zero attached hydrogens (tertiary/aromatic N) is 1. The first-order chi connectivity index (χ1) is 4.90. The molecule has 2 nitrogen and oxygen atoms in total.